The molecule has 2 fully saturated rings. The van der Waals surface area contributed by atoms with Gasteiger partial charge in [-0.15, -0.1) is 0 Å². The Bertz CT molecular complexity index is 1180. The number of anilines is 1. The lowest BCUT2D eigenvalue weighted by Gasteiger charge is -2.39. The van der Waals surface area contributed by atoms with Gasteiger partial charge in [-0.05, 0) is 52.5 Å². The van der Waals surface area contributed by atoms with Gasteiger partial charge in [0.05, 0.1) is 17.8 Å². The SMILES string of the molecule is CC(=O)C1CC(NC(=O)N2Cc3nc(NC4CCOCC4)ncc3C2(C)C)CN(Cc2cccc(C)c2)C1. The van der Waals surface area contributed by atoms with Crippen molar-refractivity contribution in [3.63, 3.8) is 0 Å². The number of nitrogens with one attached hydrogen (secondary N) is 2. The van der Waals surface area contributed by atoms with Crippen LogP contribution in [0.25, 0.3) is 0 Å². The number of aryl methyl sites for hydroxylation is 1. The second-order valence-electron chi connectivity index (χ2n) is 11.6. The van der Waals surface area contributed by atoms with E-state index in [-0.39, 0.29) is 23.8 Å². The van der Waals surface area contributed by atoms with Gasteiger partial charge < -0.3 is 20.3 Å². The smallest absolute Gasteiger partial charge is 0.318 e. The molecule has 0 bridgehead atoms. The lowest BCUT2D eigenvalue weighted by atomic mass is 9.90. The van der Waals surface area contributed by atoms with Gasteiger partial charge in [0.2, 0.25) is 5.95 Å². The summed E-state index contributed by atoms with van der Waals surface area (Å²) in [5.41, 5.74) is 3.75. The monoisotopic (exact) mass is 520 g/mol. The Morgan fingerprint density at radius 2 is 1.95 bits per heavy atom. The highest BCUT2D eigenvalue weighted by Crippen LogP contribution is 2.38. The molecular weight excluding hydrogens is 480 g/mol. The van der Waals surface area contributed by atoms with Crippen molar-refractivity contribution in [2.75, 3.05) is 31.6 Å². The Labute approximate surface area is 225 Å². The fourth-order valence-corrected chi connectivity index (χ4v) is 6.00. The Morgan fingerprint density at radius 3 is 2.68 bits per heavy atom. The normalized spacial score (nSPS) is 23.6. The predicted octanol–water partition coefficient (Wildman–Crippen LogP) is 3.62. The van der Waals surface area contributed by atoms with Gasteiger partial charge in [-0.2, -0.15) is 0 Å². The van der Waals surface area contributed by atoms with Crippen LogP contribution in [0.5, 0.6) is 0 Å². The third-order valence-electron chi connectivity index (χ3n) is 8.23. The molecule has 0 spiro atoms. The lowest BCUT2D eigenvalue weighted by molar-refractivity contribution is -0.122. The number of nitrogens with zero attached hydrogens (tertiary/aromatic N) is 4. The predicted molar refractivity (Wildman–Crippen MR) is 146 cm³/mol. The summed E-state index contributed by atoms with van der Waals surface area (Å²) in [7, 11) is 0. The number of ether oxygens (including phenoxy) is 1. The zero-order chi connectivity index (χ0) is 26.9. The minimum atomic E-state index is -0.535. The summed E-state index contributed by atoms with van der Waals surface area (Å²) in [6.07, 6.45) is 4.38. The van der Waals surface area contributed by atoms with Crippen LogP contribution < -0.4 is 10.6 Å². The minimum Gasteiger partial charge on any atom is -0.381 e. The first-order chi connectivity index (χ1) is 18.2. The third-order valence-corrected chi connectivity index (χ3v) is 8.23. The summed E-state index contributed by atoms with van der Waals surface area (Å²) in [5.74, 6) is 0.691. The first kappa shape index (κ1) is 26.6. The molecule has 9 nitrogen and oxygen atoms in total. The fourth-order valence-electron chi connectivity index (χ4n) is 6.00. The molecule has 1 aromatic carbocycles. The summed E-state index contributed by atoms with van der Waals surface area (Å²) in [6, 6.07) is 8.53. The molecule has 2 amide bonds. The minimum absolute atomic E-state index is 0.0904. The van der Waals surface area contributed by atoms with Crippen LogP contribution in [0, 0.1) is 12.8 Å². The number of hydrogen-bond acceptors (Lipinski definition) is 7. The van der Waals surface area contributed by atoms with Crippen LogP contribution in [0.2, 0.25) is 0 Å². The van der Waals surface area contributed by atoms with Crippen molar-refractivity contribution in [2.24, 2.45) is 5.92 Å². The second kappa shape index (κ2) is 11.0. The van der Waals surface area contributed by atoms with Crippen molar-refractivity contribution in [1.82, 2.24) is 25.1 Å². The molecular formula is C29H40N6O3. The molecule has 2 unspecified atom stereocenters. The van der Waals surface area contributed by atoms with E-state index in [4.69, 9.17) is 9.72 Å². The van der Waals surface area contributed by atoms with Crippen molar-refractivity contribution in [3.8, 4) is 0 Å². The summed E-state index contributed by atoms with van der Waals surface area (Å²) in [4.78, 5) is 39.5. The number of hydrogen-bond donors (Lipinski definition) is 2. The van der Waals surface area contributed by atoms with Crippen LogP contribution in [0.3, 0.4) is 0 Å². The topological polar surface area (TPSA) is 99.7 Å². The number of amides is 2. The van der Waals surface area contributed by atoms with Crippen molar-refractivity contribution in [1.29, 1.82) is 0 Å². The number of likely N-dealkylation sites (tertiary alicyclic amines) is 1. The highest BCUT2D eigenvalue weighted by atomic mass is 16.5. The van der Waals surface area contributed by atoms with E-state index in [0.717, 1.165) is 50.4 Å². The Hall–Kier alpha value is -3.04. The molecule has 0 radical (unpaired) electrons. The zero-order valence-corrected chi connectivity index (χ0v) is 23.0. The number of Topliss-reactive ketones (excluding diaryl/α,β-unsaturated/α-hetero) is 1. The summed E-state index contributed by atoms with van der Waals surface area (Å²) in [5, 5.41) is 6.69. The van der Waals surface area contributed by atoms with E-state index in [1.54, 1.807) is 6.92 Å². The van der Waals surface area contributed by atoms with E-state index in [2.05, 4.69) is 51.7 Å². The summed E-state index contributed by atoms with van der Waals surface area (Å²) < 4.78 is 5.45. The first-order valence-corrected chi connectivity index (χ1v) is 13.8. The molecule has 2 saturated heterocycles. The fraction of sp³-hybridized carbons (Fsp3) is 0.586. The molecule has 38 heavy (non-hydrogen) atoms. The molecule has 1 aromatic heterocycles. The van der Waals surface area contributed by atoms with Crippen LogP contribution in [-0.2, 0) is 28.2 Å². The zero-order valence-electron chi connectivity index (χ0n) is 23.0. The molecule has 5 rings (SSSR count). The molecule has 3 aliphatic rings. The second-order valence-corrected chi connectivity index (χ2v) is 11.6. The van der Waals surface area contributed by atoms with E-state index in [1.165, 1.54) is 11.1 Å². The number of ketones is 1. The average Bonchev–Trinajstić information content (AvgIpc) is 3.14. The van der Waals surface area contributed by atoms with Crippen LogP contribution in [-0.4, -0.2) is 70.0 Å². The number of rotatable bonds is 6. The maximum atomic E-state index is 13.6. The van der Waals surface area contributed by atoms with E-state index in [9.17, 15) is 9.59 Å². The molecule has 0 saturated carbocycles. The van der Waals surface area contributed by atoms with Crippen molar-refractivity contribution >= 4 is 17.8 Å². The van der Waals surface area contributed by atoms with Gasteiger partial charge in [-0.3, -0.25) is 9.69 Å². The molecule has 2 atom stereocenters. The Morgan fingerprint density at radius 1 is 1.16 bits per heavy atom. The van der Waals surface area contributed by atoms with Crippen LogP contribution in [0.15, 0.2) is 30.5 Å². The van der Waals surface area contributed by atoms with Crippen molar-refractivity contribution in [2.45, 2.75) is 77.7 Å². The molecule has 204 valence electrons. The quantitative estimate of drug-likeness (QED) is 0.600. The van der Waals surface area contributed by atoms with Crippen molar-refractivity contribution in [3.05, 3.63) is 52.8 Å². The van der Waals surface area contributed by atoms with E-state index in [0.29, 0.717) is 31.5 Å². The number of urea groups is 1. The summed E-state index contributed by atoms with van der Waals surface area (Å²) >= 11 is 0. The van der Waals surface area contributed by atoms with Gasteiger partial charge >= 0.3 is 6.03 Å². The molecule has 3 aliphatic heterocycles. The van der Waals surface area contributed by atoms with E-state index >= 15 is 0 Å². The first-order valence-electron chi connectivity index (χ1n) is 13.8. The molecule has 2 N–H and O–H groups in total. The molecule has 4 heterocycles. The number of carbonyl (C=O) groups is 2. The molecule has 2 aromatic rings. The van der Waals surface area contributed by atoms with E-state index < -0.39 is 5.54 Å². The standard InChI is InChI=1S/C29H40N6O3/c1-19-6-5-7-21(12-19)15-34-16-22(20(2)36)13-24(17-34)32-28(37)35-18-26-25(29(35,3)4)14-30-27(33-26)31-23-8-10-38-11-9-23/h5-7,12,14,22-24H,8-11,13,15-18H2,1-4H3,(H,32,37)(H,30,31,33). The van der Waals surface area contributed by atoms with E-state index in [1.807, 2.05) is 24.9 Å². The third kappa shape index (κ3) is 5.83. The summed E-state index contributed by atoms with van der Waals surface area (Å²) in [6.45, 7) is 11.9. The average molecular weight is 521 g/mol. The van der Waals surface area contributed by atoms with Gasteiger partial charge in [0.15, 0.2) is 0 Å². The van der Waals surface area contributed by atoms with Crippen LogP contribution >= 0.6 is 0 Å². The number of carbonyl (C=O) groups excluding carboxylic acids is 2. The lowest BCUT2D eigenvalue weighted by Crippen LogP contribution is -2.55. The highest BCUT2D eigenvalue weighted by molar-refractivity contribution is 5.79. The molecule has 9 heteroatoms. The number of piperidine rings is 1. The Kier molecular flexibility index (Phi) is 7.68. The largest absolute Gasteiger partial charge is 0.381 e. The number of aromatic nitrogens is 2. The van der Waals surface area contributed by atoms with Gasteiger partial charge in [0.25, 0.3) is 0 Å². The Balaban J connectivity index is 1.26. The highest BCUT2D eigenvalue weighted by Gasteiger charge is 2.43. The van der Waals surface area contributed by atoms with Crippen LogP contribution in [0.1, 0.15) is 62.4 Å². The van der Waals surface area contributed by atoms with Gasteiger partial charge in [0.1, 0.15) is 5.78 Å². The number of fused-ring (bicyclic) bond motifs is 1. The van der Waals surface area contributed by atoms with Gasteiger partial charge in [-0.1, -0.05) is 29.8 Å². The van der Waals surface area contributed by atoms with Crippen LogP contribution in [0.4, 0.5) is 10.7 Å². The van der Waals surface area contributed by atoms with Gasteiger partial charge in [-0.25, -0.2) is 14.8 Å². The number of benzene rings is 1. The van der Waals surface area contributed by atoms with Crippen molar-refractivity contribution < 1.29 is 14.3 Å². The maximum absolute atomic E-state index is 13.6. The maximum Gasteiger partial charge on any atom is 0.318 e. The van der Waals surface area contributed by atoms with Gasteiger partial charge in [0, 0.05) is 62.6 Å². The molecule has 0 aliphatic carbocycles.